The lowest BCUT2D eigenvalue weighted by Gasteiger charge is -2.10. The summed E-state index contributed by atoms with van der Waals surface area (Å²) in [5, 5.41) is 11.8. The molecule has 0 aliphatic carbocycles. The monoisotopic (exact) mass is 305 g/mol. The van der Waals surface area contributed by atoms with Crippen LogP contribution in [-0.2, 0) is 10.0 Å². The maximum Gasteiger partial charge on any atom is 0.261 e. The van der Waals surface area contributed by atoms with Gasteiger partial charge in [-0.1, -0.05) is 0 Å². The third kappa shape index (κ3) is 3.30. The van der Waals surface area contributed by atoms with Crippen LogP contribution >= 0.6 is 0 Å². The standard InChI is InChI=1S/C14H12FN3O2S/c1-17-12-3-5-13(6-4-12)21(19,20)18-14-7-2-11(15)8-10(14)9-16/h2-8,17-18H,1H3. The van der Waals surface area contributed by atoms with Crippen molar-refractivity contribution >= 4 is 21.4 Å². The van der Waals surface area contributed by atoms with E-state index < -0.39 is 15.8 Å². The summed E-state index contributed by atoms with van der Waals surface area (Å²) in [6, 6.07) is 11.1. The first kappa shape index (κ1) is 14.8. The zero-order chi connectivity index (χ0) is 15.5. The minimum atomic E-state index is -3.84. The van der Waals surface area contributed by atoms with Crippen LogP contribution in [0.15, 0.2) is 47.4 Å². The molecule has 2 N–H and O–H groups in total. The number of sulfonamides is 1. The van der Waals surface area contributed by atoms with Crippen LogP contribution in [0.5, 0.6) is 0 Å². The number of rotatable bonds is 4. The highest BCUT2D eigenvalue weighted by molar-refractivity contribution is 7.92. The van der Waals surface area contributed by atoms with E-state index in [0.717, 1.165) is 17.8 Å². The first-order valence-electron chi connectivity index (χ1n) is 5.96. The van der Waals surface area contributed by atoms with Crippen molar-refractivity contribution in [3.63, 3.8) is 0 Å². The topological polar surface area (TPSA) is 82.0 Å². The molecule has 0 unspecified atom stereocenters. The Bertz CT molecular complexity index is 796. The van der Waals surface area contributed by atoms with E-state index in [1.807, 2.05) is 0 Å². The minimum Gasteiger partial charge on any atom is -0.388 e. The van der Waals surface area contributed by atoms with Gasteiger partial charge in [0.15, 0.2) is 0 Å². The summed E-state index contributed by atoms with van der Waals surface area (Å²) >= 11 is 0. The molecule has 7 heteroatoms. The van der Waals surface area contributed by atoms with Crippen molar-refractivity contribution in [2.45, 2.75) is 4.90 Å². The van der Waals surface area contributed by atoms with Gasteiger partial charge in [-0.05, 0) is 42.5 Å². The van der Waals surface area contributed by atoms with Gasteiger partial charge in [0.1, 0.15) is 11.9 Å². The van der Waals surface area contributed by atoms with Crippen molar-refractivity contribution < 1.29 is 12.8 Å². The van der Waals surface area contributed by atoms with Gasteiger partial charge in [0.05, 0.1) is 16.1 Å². The smallest absolute Gasteiger partial charge is 0.261 e. The Morgan fingerprint density at radius 2 is 1.81 bits per heavy atom. The van der Waals surface area contributed by atoms with Crippen molar-refractivity contribution in [3.8, 4) is 6.07 Å². The van der Waals surface area contributed by atoms with Crippen LogP contribution in [0.3, 0.4) is 0 Å². The Morgan fingerprint density at radius 1 is 1.14 bits per heavy atom. The summed E-state index contributed by atoms with van der Waals surface area (Å²) < 4.78 is 39.8. The molecule has 2 aromatic rings. The predicted molar refractivity (Wildman–Crippen MR) is 77.9 cm³/mol. The van der Waals surface area contributed by atoms with Crippen LogP contribution in [0.1, 0.15) is 5.56 Å². The van der Waals surface area contributed by atoms with Gasteiger partial charge in [-0.15, -0.1) is 0 Å². The fraction of sp³-hybridized carbons (Fsp3) is 0.0714. The van der Waals surface area contributed by atoms with Crippen molar-refractivity contribution in [2.24, 2.45) is 0 Å². The second-order valence-corrected chi connectivity index (χ2v) is 5.86. The summed E-state index contributed by atoms with van der Waals surface area (Å²) in [6.45, 7) is 0. The molecule has 0 heterocycles. The van der Waals surface area contributed by atoms with Gasteiger partial charge in [-0.25, -0.2) is 12.8 Å². The van der Waals surface area contributed by atoms with Crippen LogP contribution in [0.25, 0.3) is 0 Å². The number of benzene rings is 2. The van der Waals surface area contributed by atoms with Crippen molar-refractivity contribution in [3.05, 3.63) is 53.8 Å². The van der Waals surface area contributed by atoms with E-state index >= 15 is 0 Å². The highest BCUT2D eigenvalue weighted by Gasteiger charge is 2.16. The van der Waals surface area contributed by atoms with Gasteiger partial charge >= 0.3 is 0 Å². The summed E-state index contributed by atoms with van der Waals surface area (Å²) in [5.74, 6) is -0.604. The average Bonchev–Trinajstić information content (AvgIpc) is 2.49. The molecule has 0 radical (unpaired) electrons. The summed E-state index contributed by atoms with van der Waals surface area (Å²) in [4.78, 5) is 0.0507. The van der Waals surface area contributed by atoms with Crippen molar-refractivity contribution in [1.29, 1.82) is 5.26 Å². The molecule has 21 heavy (non-hydrogen) atoms. The lowest BCUT2D eigenvalue weighted by Crippen LogP contribution is -2.14. The van der Waals surface area contributed by atoms with E-state index in [2.05, 4.69) is 10.0 Å². The maximum absolute atomic E-state index is 13.0. The Labute approximate surface area is 122 Å². The van der Waals surface area contributed by atoms with Gasteiger partial charge in [0.25, 0.3) is 10.0 Å². The molecular formula is C14H12FN3O2S. The molecule has 0 amide bonds. The second kappa shape index (κ2) is 5.81. The summed E-state index contributed by atoms with van der Waals surface area (Å²) in [5.41, 5.74) is 0.732. The third-order valence-corrected chi connectivity index (χ3v) is 4.18. The van der Waals surface area contributed by atoms with Gasteiger partial charge in [0.2, 0.25) is 0 Å². The maximum atomic E-state index is 13.0. The molecule has 5 nitrogen and oxygen atoms in total. The summed E-state index contributed by atoms with van der Waals surface area (Å²) in [6.07, 6.45) is 0. The molecule has 0 aliphatic heterocycles. The molecule has 0 saturated carbocycles. The molecule has 0 aliphatic rings. The molecule has 2 aromatic carbocycles. The Morgan fingerprint density at radius 3 is 2.38 bits per heavy atom. The first-order valence-corrected chi connectivity index (χ1v) is 7.45. The number of hydrogen-bond acceptors (Lipinski definition) is 4. The second-order valence-electron chi connectivity index (χ2n) is 4.18. The summed E-state index contributed by atoms with van der Waals surface area (Å²) in [7, 11) is -2.11. The normalized spacial score (nSPS) is 10.7. The Hall–Kier alpha value is -2.59. The molecular weight excluding hydrogens is 293 g/mol. The van der Waals surface area contributed by atoms with Gasteiger partial charge in [-0.2, -0.15) is 5.26 Å². The first-order chi connectivity index (χ1) is 9.96. The molecule has 0 fully saturated rings. The van der Waals surface area contributed by atoms with E-state index in [0.29, 0.717) is 0 Å². The average molecular weight is 305 g/mol. The molecule has 0 saturated heterocycles. The minimum absolute atomic E-state index is 0.0385. The molecule has 0 spiro atoms. The molecule has 108 valence electrons. The van der Waals surface area contributed by atoms with E-state index in [-0.39, 0.29) is 16.1 Å². The van der Waals surface area contributed by atoms with Crippen molar-refractivity contribution in [1.82, 2.24) is 0 Å². The SMILES string of the molecule is CNc1ccc(S(=O)(=O)Nc2ccc(F)cc2C#N)cc1. The van der Waals surface area contributed by atoms with Gasteiger partial charge in [-0.3, -0.25) is 4.72 Å². The van der Waals surface area contributed by atoms with Gasteiger partial charge < -0.3 is 5.32 Å². The zero-order valence-corrected chi connectivity index (χ0v) is 11.9. The lowest BCUT2D eigenvalue weighted by atomic mass is 10.2. The van der Waals surface area contributed by atoms with Crippen LogP contribution < -0.4 is 10.0 Å². The molecule has 0 atom stereocenters. The van der Waals surface area contributed by atoms with Crippen LogP contribution in [-0.4, -0.2) is 15.5 Å². The molecule has 0 aromatic heterocycles. The van der Waals surface area contributed by atoms with Crippen LogP contribution in [0.4, 0.5) is 15.8 Å². The largest absolute Gasteiger partial charge is 0.388 e. The predicted octanol–water partition coefficient (Wildman–Crippen LogP) is 2.54. The van der Waals surface area contributed by atoms with E-state index in [9.17, 15) is 12.8 Å². The fourth-order valence-electron chi connectivity index (χ4n) is 1.70. The number of hydrogen-bond donors (Lipinski definition) is 2. The number of nitrogens with zero attached hydrogens (tertiary/aromatic N) is 1. The van der Waals surface area contributed by atoms with Crippen LogP contribution in [0, 0.1) is 17.1 Å². The highest BCUT2D eigenvalue weighted by atomic mass is 32.2. The van der Waals surface area contributed by atoms with Crippen LogP contribution in [0.2, 0.25) is 0 Å². The van der Waals surface area contributed by atoms with E-state index in [1.165, 1.54) is 18.2 Å². The fourth-order valence-corrected chi connectivity index (χ4v) is 2.78. The quantitative estimate of drug-likeness (QED) is 0.909. The zero-order valence-electron chi connectivity index (χ0n) is 11.1. The molecule has 2 rings (SSSR count). The third-order valence-electron chi connectivity index (χ3n) is 2.80. The number of halogens is 1. The lowest BCUT2D eigenvalue weighted by molar-refractivity contribution is 0.601. The van der Waals surface area contributed by atoms with E-state index in [1.54, 1.807) is 25.2 Å². The molecule has 0 bridgehead atoms. The van der Waals surface area contributed by atoms with Gasteiger partial charge in [0, 0.05) is 12.7 Å². The van der Waals surface area contributed by atoms with Crippen molar-refractivity contribution in [2.75, 3.05) is 17.1 Å². The highest BCUT2D eigenvalue weighted by Crippen LogP contribution is 2.21. The van der Waals surface area contributed by atoms with E-state index in [4.69, 9.17) is 5.26 Å². The Balaban J connectivity index is 2.35. The number of nitrogens with one attached hydrogen (secondary N) is 2. The Kier molecular flexibility index (Phi) is 4.10. The number of anilines is 2. The number of nitriles is 1.